The third-order valence-corrected chi connectivity index (χ3v) is 2.83. The van der Waals surface area contributed by atoms with Crippen molar-refractivity contribution in [1.82, 2.24) is 9.97 Å². The Balaban J connectivity index is 2.22. The molecule has 0 saturated heterocycles. The predicted molar refractivity (Wildman–Crippen MR) is 74.6 cm³/mol. The van der Waals surface area contributed by atoms with E-state index in [9.17, 15) is 8.78 Å². The molecule has 0 aliphatic heterocycles. The van der Waals surface area contributed by atoms with Gasteiger partial charge in [-0.1, -0.05) is 0 Å². The molecule has 1 unspecified atom stereocenters. The zero-order valence-corrected chi connectivity index (χ0v) is 11.3. The van der Waals surface area contributed by atoms with Crippen LogP contribution in [0.4, 0.5) is 20.4 Å². The van der Waals surface area contributed by atoms with E-state index in [1.807, 2.05) is 26.0 Å². The molecule has 0 saturated carbocycles. The molecule has 0 aliphatic rings. The van der Waals surface area contributed by atoms with Crippen LogP contribution >= 0.6 is 0 Å². The number of nitrogens with zero attached hydrogens (tertiary/aromatic N) is 2. The number of aromatic nitrogens is 2. The minimum Gasteiger partial charge on any atom is -0.368 e. The second kappa shape index (κ2) is 6.27. The van der Waals surface area contributed by atoms with E-state index in [-0.39, 0.29) is 17.7 Å². The number of anilines is 2. The van der Waals surface area contributed by atoms with Crippen molar-refractivity contribution >= 4 is 11.6 Å². The Hall–Kier alpha value is -2.24. The fourth-order valence-corrected chi connectivity index (χ4v) is 1.80. The maximum absolute atomic E-state index is 13.7. The summed E-state index contributed by atoms with van der Waals surface area (Å²) < 4.78 is 27.2. The molecule has 2 aromatic heterocycles. The summed E-state index contributed by atoms with van der Waals surface area (Å²) in [6, 6.07) is 4.31. The van der Waals surface area contributed by atoms with Crippen LogP contribution in [0.15, 0.2) is 30.6 Å². The summed E-state index contributed by atoms with van der Waals surface area (Å²) in [4.78, 5) is 7.86. The minimum absolute atomic E-state index is 0.0201. The first-order chi connectivity index (χ1) is 9.61. The van der Waals surface area contributed by atoms with Crippen molar-refractivity contribution < 1.29 is 8.78 Å². The number of hydrogen-bond donors (Lipinski definition) is 2. The van der Waals surface area contributed by atoms with Crippen molar-refractivity contribution in [1.29, 1.82) is 0 Å². The summed E-state index contributed by atoms with van der Waals surface area (Å²) in [5.41, 5.74) is 0.940. The number of hydrogen-bond acceptors (Lipinski definition) is 4. The fraction of sp³-hybridized carbons (Fsp3) is 0.286. The SMILES string of the molecule is CCNc1nc(NC(C)c2ccncc2)c(F)cc1F. The van der Waals surface area contributed by atoms with Gasteiger partial charge in [0.25, 0.3) is 0 Å². The predicted octanol–water partition coefficient (Wildman–Crippen LogP) is 3.36. The molecular weight excluding hydrogens is 262 g/mol. The fourth-order valence-electron chi connectivity index (χ4n) is 1.80. The van der Waals surface area contributed by atoms with Gasteiger partial charge in [0.2, 0.25) is 0 Å². The molecule has 0 amide bonds. The summed E-state index contributed by atoms with van der Waals surface area (Å²) in [5, 5.41) is 5.69. The molecule has 0 spiro atoms. The molecule has 0 radical (unpaired) electrons. The lowest BCUT2D eigenvalue weighted by molar-refractivity contribution is 0.576. The molecule has 0 aromatic carbocycles. The van der Waals surface area contributed by atoms with Crippen LogP contribution in [0.5, 0.6) is 0 Å². The number of pyridine rings is 2. The molecule has 2 heterocycles. The topological polar surface area (TPSA) is 49.8 Å². The highest BCUT2D eigenvalue weighted by Crippen LogP contribution is 2.23. The van der Waals surface area contributed by atoms with Gasteiger partial charge in [-0.3, -0.25) is 4.98 Å². The maximum atomic E-state index is 13.7. The van der Waals surface area contributed by atoms with Crippen molar-refractivity contribution in [2.45, 2.75) is 19.9 Å². The minimum atomic E-state index is -0.718. The van der Waals surface area contributed by atoms with E-state index in [0.717, 1.165) is 11.6 Å². The molecule has 2 rings (SSSR count). The number of rotatable bonds is 5. The van der Waals surface area contributed by atoms with Gasteiger partial charge in [-0.15, -0.1) is 0 Å². The van der Waals surface area contributed by atoms with Crippen molar-refractivity contribution in [3.05, 3.63) is 47.8 Å². The van der Waals surface area contributed by atoms with E-state index in [2.05, 4.69) is 20.6 Å². The van der Waals surface area contributed by atoms with Crippen LogP contribution in [-0.2, 0) is 0 Å². The molecule has 0 aliphatic carbocycles. The zero-order valence-electron chi connectivity index (χ0n) is 11.3. The first kappa shape index (κ1) is 14.2. The van der Waals surface area contributed by atoms with Crippen LogP contribution in [0, 0.1) is 11.6 Å². The van der Waals surface area contributed by atoms with Gasteiger partial charge >= 0.3 is 0 Å². The average molecular weight is 278 g/mol. The second-order valence-electron chi connectivity index (χ2n) is 4.33. The van der Waals surface area contributed by atoms with Crippen molar-refractivity contribution in [2.24, 2.45) is 0 Å². The summed E-state index contributed by atoms with van der Waals surface area (Å²) >= 11 is 0. The number of halogens is 2. The molecule has 0 fully saturated rings. The monoisotopic (exact) mass is 278 g/mol. The third kappa shape index (κ3) is 3.20. The molecule has 6 heteroatoms. The first-order valence-electron chi connectivity index (χ1n) is 6.38. The van der Waals surface area contributed by atoms with Gasteiger partial charge in [-0.2, -0.15) is 0 Å². The molecule has 4 nitrogen and oxygen atoms in total. The largest absolute Gasteiger partial charge is 0.368 e. The van der Waals surface area contributed by atoms with E-state index < -0.39 is 11.6 Å². The zero-order chi connectivity index (χ0) is 14.5. The Morgan fingerprint density at radius 3 is 2.45 bits per heavy atom. The van der Waals surface area contributed by atoms with Gasteiger partial charge in [-0.25, -0.2) is 13.8 Å². The van der Waals surface area contributed by atoms with E-state index in [0.29, 0.717) is 6.54 Å². The average Bonchev–Trinajstić information content (AvgIpc) is 2.45. The van der Waals surface area contributed by atoms with Gasteiger partial charge < -0.3 is 10.6 Å². The third-order valence-electron chi connectivity index (χ3n) is 2.83. The highest BCUT2D eigenvalue weighted by atomic mass is 19.1. The Morgan fingerprint density at radius 2 is 1.80 bits per heavy atom. The number of nitrogens with one attached hydrogen (secondary N) is 2. The summed E-state index contributed by atoms with van der Waals surface area (Å²) in [6.45, 7) is 4.19. The first-order valence-corrected chi connectivity index (χ1v) is 6.38. The van der Waals surface area contributed by atoms with Crippen LogP contribution in [0.3, 0.4) is 0 Å². The molecule has 0 bridgehead atoms. The lowest BCUT2D eigenvalue weighted by atomic mass is 10.1. The van der Waals surface area contributed by atoms with Crippen LogP contribution in [0.2, 0.25) is 0 Å². The van der Waals surface area contributed by atoms with Gasteiger partial charge in [-0.05, 0) is 31.5 Å². The van der Waals surface area contributed by atoms with Crippen LogP contribution in [0.1, 0.15) is 25.5 Å². The quantitative estimate of drug-likeness (QED) is 0.880. The molecular formula is C14H16F2N4. The molecule has 1 atom stereocenters. The van der Waals surface area contributed by atoms with E-state index >= 15 is 0 Å². The van der Waals surface area contributed by atoms with Gasteiger partial charge in [0.05, 0.1) is 6.04 Å². The highest BCUT2D eigenvalue weighted by molar-refractivity contribution is 5.48. The van der Waals surface area contributed by atoms with Crippen LogP contribution in [0.25, 0.3) is 0 Å². The Labute approximate surface area is 116 Å². The van der Waals surface area contributed by atoms with E-state index in [4.69, 9.17) is 0 Å². The smallest absolute Gasteiger partial charge is 0.168 e. The van der Waals surface area contributed by atoms with E-state index in [1.165, 1.54) is 0 Å². The molecule has 2 aromatic rings. The van der Waals surface area contributed by atoms with Crippen molar-refractivity contribution in [3.8, 4) is 0 Å². The van der Waals surface area contributed by atoms with E-state index in [1.54, 1.807) is 12.4 Å². The second-order valence-corrected chi connectivity index (χ2v) is 4.33. The Kier molecular flexibility index (Phi) is 4.45. The van der Waals surface area contributed by atoms with Gasteiger partial charge in [0, 0.05) is 25.0 Å². The van der Waals surface area contributed by atoms with Gasteiger partial charge in [0.1, 0.15) is 0 Å². The summed E-state index contributed by atoms with van der Waals surface area (Å²) in [6.07, 6.45) is 3.32. The normalized spacial score (nSPS) is 12.0. The summed E-state index contributed by atoms with van der Waals surface area (Å²) in [5.74, 6) is -1.36. The van der Waals surface area contributed by atoms with Crippen LogP contribution in [-0.4, -0.2) is 16.5 Å². The van der Waals surface area contributed by atoms with Crippen molar-refractivity contribution in [2.75, 3.05) is 17.2 Å². The maximum Gasteiger partial charge on any atom is 0.168 e. The Morgan fingerprint density at radius 1 is 1.15 bits per heavy atom. The molecule has 106 valence electrons. The molecule has 2 N–H and O–H groups in total. The lowest BCUT2D eigenvalue weighted by Gasteiger charge is -2.16. The lowest BCUT2D eigenvalue weighted by Crippen LogP contribution is -2.12. The van der Waals surface area contributed by atoms with Crippen LogP contribution < -0.4 is 10.6 Å². The van der Waals surface area contributed by atoms with Gasteiger partial charge in [0.15, 0.2) is 23.3 Å². The molecule has 20 heavy (non-hydrogen) atoms. The standard InChI is InChI=1S/C14H16F2N4/c1-3-18-13-11(15)8-12(16)14(20-13)19-9(2)10-4-6-17-7-5-10/h4-9H,3H2,1-2H3,(H2,18,19,20). The highest BCUT2D eigenvalue weighted by Gasteiger charge is 2.14. The summed E-state index contributed by atoms with van der Waals surface area (Å²) in [7, 11) is 0. The van der Waals surface area contributed by atoms with Crippen molar-refractivity contribution in [3.63, 3.8) is 0 Å². The Bertz CT molecular complexity index is 575.